The first kappa shape index (κ1) is 9.11. The second-order valence-electron chi connectivity index (χ2n) is 4.96. The topological polar surface area (TPSA) is 9.23 Å². The van der Waals surface area contributed by atoms with Gasteiger partial charge in [-0.3, -0.25) is 0 Å². The molecule has 0 aliphatic heterocycles. The largest absolute Gasteiger partial charge is 0.498 e. The van der Waals surface area contributed by atoms with Gasteiger partial charge < -0.3 is 4.74 Å². The third kappa shape index (κ3) is 1.20. The van der Waals surface area contributed by atoms with E-state index in [9.17, 15) is 0 Å². The zero-order chi connectivity index (χ0) is 9.64. The highest BCUT2D eigenvalue weighted by Crippen LogP contribution is 2.64. The second kappa shape index (κ2) is 2.76. The van der Waals surface area contributed by atoms with E-state index in [2.05, 4.69) is 27.7 Å². The first-order valence-corrected chi connectivity index (χ1v) is 5.46. The van der Waals surface area contributed by atoms with Crippen LogP contribution in [0.4, 0.5) is 0 Å². The van der Waals surface area contributed by atoms with E-state index < -0.39 is 0 Å². The summed E-state index contributed by atoms with van der Waals surface area (Å²) in [6.07, 6.45) is 2.69. The Morgan fingerprint density at radius 1 is 1.38 bits per heavy atom. The van der Waals surface area contributed by atoms with Crippen molar-refractivity contribution >= 4 is 0 Å². The fourth-order valence-electron chi connectivity index (χ4n) is 2.82. The van der Waals surface area contributed by atoms with E-state index in [1.165, 1.54) is 18.6 Å². The molecule has 0 saturated heterocycles. The Labute approximate surface area is 81.2 Å². The maximum Gasteiger partial charge on any atom is 0.0988 e. The van der Waals surface area contributed by atoms with Gasteiger partial charge in [0, 0.05) is 5.92 Å². The van der Waals surface area contributed by atoms with Crippen LogP contribution < -0.4 is 0 Å². The number of fused-ring (bicyclic) bond motifs is 1. The smallest absolute Gasteiger partial charge is 0.0988 e. The number of ether oxygens (including phenoxy) is 1. The van der Waals surface area contributed by atoms with E-state index in [0.29, 0.717) is 11.3 Å². The van der Waals surface area contributed by atoms with Crippen molar-refractivity contribution in [2.45, 2.75) is 40.5 Å². The maximum atomic E-state index is 5.76. The molecular formula is C12H20O. The molecule has 0 N–H and O–H groups in total. The molecule has 0 radical (unpaired) electrons. The van der Waals surface area contributed by atoms with E-state index in [4.69, 9.17) is 4.74 Å². The van der Waals surface area contributed by atoms with E-state index >= 15 is 0 Å². The summed E-state index contributed by atoms with van der Waals surface area (Å²) in [4.78, 5) is 0. The molecule has 2 atom stereocenters. The predicted octanol–water partition coefficient (Wildman–Crippen LogP) is 3.36. The van der Waals surface area contributed by atoms with Gasteiger partial charge in [0.15, 0.2) is 0 Å². The van der Waals surface area contributed by atoms with Crippen molar-refractivity contribution in [3.05, 3.63) is 11.3 Å². The Morgan fingerprint density at radius 3 is 2.69 bits per heavy atom. The van der Waals surface area contributed by atoms with Gasteiger partial charge in [-0.25, -0.2) is 0 Å². The average molecular weight is 180 g/mol. The fraction of sp³-hybridized carbons (Fsp3) is 0.833. The lowest BCUT2D eigenvalue weighted by Crippen LogP contribution is -2.08. The minimum absolute atomic E-state index is 0.454. The molecular weight excluding hydrogens is 160 g/mol. The molecule has 0 bridgehead atoms. The Hall–Kier alpha value is -0.460. The number of allylic oxidation sites excluding steroid dienone is 2. The zero-order valence-corrected chi connectivity index (χ0v) is 9.18. The molecule has 2 aliphatic rings. The quantitative estimate of drug-likeness (QED) is 0.633. The highest BCUT2D eigenvalue weighted by atomic mass is 16.5. The standard InChI is InChI=1S/C12H20O/c1-5-13-11-8(2)6-7-9-10(11)12(9,3)4/h8-9H,5-7H2,1-4H3. The lowest BCUT2D eigenvalue weighted by Gasteiger charge is -2.19. The average Bonchev–Trinajstić information content (AvgIpc) is 2.61. The van der Waals surface area contributed by atoms with Gasteiger partial charge in [-0.1, -0.05) is 20.8 Å². The van der Waals surface area contributed by atoms with Crippen LogP contribution in [0.15, 0.2) is 11.3 Å². The van der Waals surface area contributed by atoms with Crippen molar-refractivity contribution in [1.82, 2.24) is 0 Å². The molecule has 13 heavy (non-hydrogen) atoms. The van der Waals surface area contributed by atoms with Crippen molar-refractivity contribution in [2.24, 2.45) is 17.3 Å². The zero-order valence-electron chi connectivity index (χ0n) is 9.18. The fourth-order valence-corrected chi connectivity index (χ4v) is 2.82. The van der Waals surface area contributed by atoms with Gasteiger partial charge in [0.2, 0.25) is 0 Å². The van der Waals surface area contributed by atoms with Gasteiger partial charge in [-0.2, -0.15) is 0 Å². The highest BCUT2D eigenvalue weighted by Gasteiger charge is 2.56. The molecule has 0 aromatic carbocycles. The number of rotatable bonds is 2. The molecule has 0 aromatic rings. The lowest BCUT2D eigenvalue weighted by molar-refractivity contribution is 0.183. The lowest BCUT2D eigenvalue weighted by atomic mass is 9.95. The molecule has 1 heteroatoms. The Kier molecular flexibility index (Phi) is 1.94. The molecule has 1 saturated carbocycles. The van der Waals surface area contributed by atoms with Gasteiger partial charge in [-0.05, 0) is 36.7 Å². The van der Waals surface area contributed by atoms with Crippen molar-refractivity contribution in [2.75, 3.05) is 6.61 Å². The van der Waals surface area contributed by atoms with Crippen LogP contribution >= 0.6 is 0 Å². The molecule has 2 unspecified atom stereocenters. The minimum Gasteiger partial charge on any atom is -0.498 e. The van der Waals surface area contributed by atoms with Crippen LogP contribution in [0.5, 0.6) is 0 Å². The van der Waals surface area contributed by atoms with Crippen molar-refractivity contribution < 1.29 is 4.74 Å². The van der Waals surface area contributed by atoms with Gasteiger partial charge in [-0.15, -0.1) is 0 Å². The van der Waals surface area contributed by atoms with E-state index in [1.54, 1.807) is 5.57 Å². The van der Waals surface area contributed by atoms with E-state index in [-0.39, 0.29) is 0 Å². The molecule has 0 heterocycles. The third-order valence-electron chi connectivity index (χ3n) is 3.73. The summed E-state index contributed by atoms with van der Waals surface area (Å²) in [7, 11) is 0. The van der Waals surface area contributed by atoms with Crippen LogP contribution in [0.3, 0.4) is 0 Å². The second-order valence-corrected chi connectivity index (χ2v) is 4.96. The molecule has 0 spiro atoms. The first-order chi connectivity index (χ1) is 6.09. The summed E-state index contributed by atoms with van der Waals surface area (Å²) >= 11 is 0. The summed E-state index contributed by atoms with van der Waals surface area (Å²) in [6, 6.07) is 0. The van der Waals surface area contributed by atoms with Crippen LogP contribution in [-0.2, 0) is 4.74 Å². The van der Waals surface area contributed by atoms with Crippen molar-refractivity contribution in [3.8, 4) is 0 Å². The number of hydrogen-bond donors (Lipinski definition) is 0. The van der Waals surface area contributed by atoms with Crippen molar-refractivity contribution in [3.63, 3.8) is 0 Å². The molecule has 0 amide bonds. The summed E-state index contributed by atoms with van der Waals surface area (Å²) in [5.41, 5.74) is 2.07. The minimum atomic E-state index is 0.454. The van der Waals surface area contributed by atoms with E-state index in [0.717, 1.165) is 12.5 Å². The SMILES string of the molecule is CCOC1=C2C(CCC1C)C2(C)C. The van der Waals surface area contributed by atoms with Gasteiger partial charge >= 0.3 is 0 Å². The third-order valence-corrected chi connectivity index (χ3v) is 3.73. The Morgan fingerprint density at radius 2 is 2.08 bits per heavy atom. The van der Waals surface area contributed by atoms with Crippen LogP contribution in [0.25, 0.3) is 0 Å². The molecule has 2 aliphatic carbocycles. The monoisotopic (exact) mass is 180 g/mol. The summed E-state index contributed by atoms with van der Waals surface area (Å²) in [6.45, 7) is 9.90. The molecule has 0 aromatic heterocycles. The molecule has 1 nitrogen and oxygen atoms in total. The van der Waals surface area contributed by atoms with E-state index in [1.807, 2.05) is 0 Å². The van der Waals surface area contributed by atoms with Crippen LogP contribution in [0.1, 0.15) is 40.5 Å². The first-order valence-electron chi connectivity index (χ1n) is 5.46. The van der Waals surface area contributed by atoms with Crippen molar-refractivity contribution in [1.29, 1.82) is 0 Å². The van der Waals surface area contributed by atoms with Gasteiger partial charge in [0.25, 0.3) is 0 Å². The predicted molar refractivity (Wildman–Crippen MR) is 54.3 cm³/mol. The summed E-state index contributed by atoms with van der Waals surface area (Å²) in [5, 5.41) is 0. The molecule has 1 fully saturated rings. The van der Waals surface area contributed by atoms with Crippen LogP contribution in [-0.4, -0.2) is 6.61 Å². The summed E-state index contributed by atoms with van der Waals surface area (Å²) in [5.74, 6) is 2.82. The Balaban J connectivity index is 2.27. The van der Waals surface area contributed by atoms with Crippen LogP contribution in [0.2, 0.25) is 0 Å². The Bertz CT molecular complexity index is 250. The van der Waals surface area contributed by atoms with Gasteiger partial charge in [0.1, 0.15) is 0 Å². The number of hydrogen-bond acceptors (Lipinski definition) is 1. The summed E-state index contributed by atoms with van der Waals surface area (Å²) < 4.78 is 5.76. The normalized spacial score (nSPS) is 35.7. The molecule has 2 rings (SSSR count). The molecule has 74 valence electrons. The maximum absolute atomic E-state index is 5.76. The highest BCUT2D eigenvalue weighted by molar-refractivity contribution is 5.40. The van der Waals surface area contributed by atoms with Crippen LogP contribution in [0, 0.1) is 17.3 Å². The van der Waals surface area contributed by atoms with Gasteiger partial charge in [0.05, 0.1) is 12.4 Å².